The average molecular weight is 193 g/mol. The lowest BCUT2D eigenvalue weighted by Gasteiger charge is -2.22. The zero-order valence-electron chi connectivity index (χ0n) is 10.4. The maximum Gasteiger partial charge on any atom is 0.0705 e. The normalized spacial score (nSPS) is 31.3. The van der Waals surface area contributed by atoms with Gasteiger partial charge in [-0.3, -0.25) is 4.90 Å². The molecular formula is C12H17NO. The number of benzene rings is 1. The Balaban J connectivity index is 2.26. The highest BCUT2D eigenvalue weighted by Crippen LogP contribution is 2.19. The van der Waals surface area contributed by atoms with E-state index >= 15 is 0 Å². The summed E-state index contributed by atoms with van der Waals surface area (Å²) < 4.78 is 16.3. The Kier molecular flexibility index (Phi) is 2.18. The van der Waals surface area contributed by atoms with E-state index in [0.29, 0.717) is 18.5 Å². The molecule has 2 nitrogen and oxygen atoms in total. The first-order chi connectivity index (χ1) is 7.53. The molecule has 1 aromatic rings. The molecule has 2 rings (SSSR count). The number of hydrogen-bond acceptors (Lipinski definition) is 2. The molecule has 1 fully saturated rings. The molecule has 1 heterocycles. The van der Waals surface area contributed by atoms with Gasteiger partial charge in [-0.1, -0.05) is 30.3 Å². The molecule has 0 radical (unpaired) electrons. The number of aliphatic hydroxyl groups excluding tert-OH is 1. The van der Waals surface area contributed by atoms with E-state index in [4.69, 9.17) is 2.74 Å². The summed E-state index contributed by atoms with van der Waals surface area (Å²) in [6, 6.07) is 9.00. The van der Waals surface area contributed by atoms with Crippen LogP contribution in [0.25, 0.3) is 0 Å². The third kappa shape index (κ3) is 1.97. The van der Waals surface area contributed by atoms with Gasteiger partial charge in [0.25, 0.3) is 0 Å². The van der Waals surface area contributed by atoms with Crippen LogP contribution in [0.2, 0.25) is 0 Å². The van der Waals surface area contributed by atoms with E-state index in [1.54, 1.807) is 17.0 Å². The molecule has 1 saturated heterocycles. The van der Waals surface area contributed by atoms with E-state index in [1.165, 1.54) is 0 Å². The quantitative estimate of drug-likeness (QED) is 0.772. The molecule has 1 aliphatic heterocycles. The summed E-state index contributed by atoms with van der Waals surface area (Å²) in [4.78, 5) is 1.73. The molecule has 0 spiro atoms. The molecule has 0 aromatic heterocycles. The fourth-order valence-electron chi connectivity index (χ4n) is 1.76. The van der Waals surface area contributed by atoms with Crippen LogP contribution in [0, 0.1) is 0 Å². The topological polar surface area (TPSA) is 23.5 Å². The third-order valence-electron chi connectivity index (χ3n) is 2.76. The summed E-state index contributed by atoms with van der Waals surface area (Å²) in [7, 11) is 0. The number of hydrogen-bond donors (Lipinski definition) is 1. The van der Waals surface area contributed by atoms with Gasteiger partial charge in [0, 0.05) is 21.8 Å². The zero-order valence-corrected chi connectivity index (χ0v) is 8.35. The van der Waals surface area contributed by atoms with Crippen molar-refractivity contribution in [3.8, 4) is 0 Å². The van der Waals surface area contributed by atoms with E-state index in [9.17, 15) is 5.11 Å². The minimum absolute atomic E-state index is 0.129. The van der Waals surface area contributed by atoms with Crippen LogP contribution < -0.4 is 0 Å². The molecular weight excluding hydrogens is 174 g/mol. The van der Waals surface area contributed by atoms with E-state index in [-0.39, 0.29) is 6.04 Å². The second-order valence-electron chi connectivity index (χ2n) is 3.77. The molecule has 0 saturated carbocycles. The zero-order chi connectivity index (χ0) is 11.8. The first kappa shape index (κ1) is 7.43. The van der Waals surface area contributed by atoms with E-state index in [1.807, 2.05) is 25.1 Å². The van der Waals surface area contributed by atoms with Crippen molar-refractivity contribution in [2.45, 2.75) is 32.0 Å². The smallest absolute Gasteiger partial charge is 0.0705 e. The van der Waals surface area contributed by atoms with Gasteiger partial charge in [0.2, 0.25) is 0 Å². The Bertz CT molecular complexity index is 355. The Hall–Kier alpha value is -0.860. The molecule has 14 heavy (non-hydrogen) atoms. The first-order valence-electron chi connectivity index (χ1n) is 6.04. The van der Waals surface area contributed by atoms with Gasteiger partial charge in [-0.15, -0.1) is 0 Å². The Morgan fingerprint density at radius 2 is 2.21 bits per heavy atom. The van der Waals surface area contributed by atoms with Gasteiger partial charge < -0.3 is 5.11 Å². The Labute approximate surface area is 88.0 Å². The predicted octanol–water partition coefficient (Wildman–Crippen LogP) is 1.64. The standard InChI is InChI=1S/C12H17NO/c1-10-12(14)7-8-13(10)9-11-5-3-2-4-6-11/h2-6,10,12,14H,7-9H2,1H3/t10-,12+/m0/s1/i9D2. The molecule has 2 heteroatoms. The summed E-state index contributed by atoms with van der Waals surface area (Å²) in [5.74, 6) is 0. The summed E-state index contributed by atoms with van der Waals surface area (Å²) in [6.07, 6.45) is 0.229. The molecule has 1 aromatic carbocycles. The molecule has 76 valence electrons. The Morgan fingerprint density at radius 3 is 2.79 bits per heavy atom. The lowest BCUT2D eigenvalue weighted by Crippen LogP contribution is -2.31. The fraction of sp³-hybridized carbons (Fsp3) is 0.500. The molecule has 0 bridgehead atoms. The van der Waals surface area contributed by atoms with Crippen LogP contribution in [-0.2, 0) is 6.50 Å². The lowest BCUT2D eigenvalue weighted by molar-refractivity contribution is 0.123. The minimum Gasteiger partial charge on any atom is -0.391 e. The average Bonchev–Trinajstić information content (AvgIpc) is 2.61. The van der Waals surface area contributed by atoms with Crippen LogP contribution in [0.4, 0.5) is 0 Å². The molecule has 0 unspecified atom stereocenters. The van der Waals surface area contributed by atoms with E-state index < -0.39 is 12.6 Å². The van der Waals surface area contributed by atoms with Crippen LogP contribution in [0.1, 0.15) is 21.6 Å². The molecule has 0 amide bonds. The van der Waals surface area contributed by atoms with Crippen molar-refractivity contribution in [1.29, 1.82) is 0 Å². The van der Waals surface area contributed by atoms with Crippen LogP contribution in [0.15, 0.2) is 30.3 Å². The number of nitrogens with zero attached hydrogens (tertiary/aromatic N) is 1. The summed E-state index contributed by atoms with van der Waals surface area (Å²) in [5.41, 5.74) is 0.649. The van der Waals surface area contributed by atoms with Gasteiger partial charge in [0.05, 0.1) is 6.10 Å². The van der Waals surface area contributed by atoms with Crippen molar-refractivity contribution in [2.24, 2.45) is 0 Å². The number of aliphatic hydroxyl groups is 1. The van der Waals surface area contributed by atoms with E-state index in [2.05, 4.69) is 0 Å². The van der Waals surface area contributed by atoms with Crippen molar-refractivity contribution < 1.29 is 7.85 Å². The van der Waals surface area contributed by atoms with Crippen LogP contribution in [-0.4, -0.2) is 28.7 Å². The highest BCUT2D eigenvalue weighted by Gasteiger charge is 2.28. The SMILES string of the molecule is [2H]C([2H])(c1ccccc1)N1CC[C@@H](O)[C@@H]1C. The molecule has 2 atom stereocenters. The Morgan fingerprint density at radius 1 is 1.50 bits per heavy atom. The van der Waals surface area contributed by atoms with Crippen LogP contribution in [0.3, 0.4) is 0 Å². The predicted molar refractivity (Wildman–Crippen MR) is 56.9 cm³/mol. The van der Waals surface area contributed by atoms with Gasteiger partial charge in [0.1, 0.15) is 0 Å². The van der Waals surface area contributed by atoms with Gasteiger partial charge in [-0.25, -0.2) is 0 Å². The maximum atomic E-state index is 9.67. The number of rotatable bonds is 2. The van der Waals surface area contributed by atoms with Gasteiger partial charge in [0.15, 0.2) is 0 Å². The van der Waals surface area contributed by atoms with Crippen molar-refractivity contribution in [2.75, 3.05) is 6.54 Å². The lowest BCUT2D eigenvalue weighted by atomic mass is 10.2. The minimum atomic E-state index is -1.50. The van der Waals surface area contributed by atoms with Crippen molar-refractivity contribution in [3.05, 3.63) is 35.9 Å². The van der Waals surface area contributed by atoms with Crippen LogP contribution >= 0.6 is 0 Å². The third-order valence-corrected chi connectivity index (χ3v) is 2.76. The fourth-order valence-corrected chi connectivity index (χ4v) is 1.76. The largest absolute Gasteiger partial charge is 0.391 e. The summed E-state index contributed by atoms with van der Waals surface area (Å²) >= 11 is 0. The van der Waals surface area contributed by atoms with Crippen molar-refractivity contribution in [3.63, 3.8) is 0 Å². The van der Waals surface area contributed by atoms with Gasteiger partial charge >= 0.3 is 0 Å². The van der Waals surface area contributed by atoms with Crippen molar-refractivity contribution in [1.82, 2.24) is 4.90 Å². The second kappa shape index (κ2) is 4.11. The van der Waals surface area contributed by atoms with Crippen LogP contribution in [0.5, 0.6) is 0 Å². The van der Waals surface area contributed by atoms with E-state index in [0.717, 1.165) is 0 Å². The molecule has 0 aliphatic carbocycles. The highest BCUT2D eigenvalue weighted by atomic mass is 16.3. The second-order valence-corrected chi connectivity index (χ2v) is 3.77. The molecule has 1 N–H and O–H groups in total. The number of likely N-dealkylation sites (tertiary alicyclic amines) is 1. The molecule has 1 aliphatic rings. The first-order valence-corrected chi connectivity index (χ1v) is 5.04. The summed E-state index contributed by atoms with van der Waals surface area (Å²) in [5, 5.41) is 9.67. The van der Waals surface area contributed by atoms with Crippen molar-refractivity contribution >= 4 is 0 Å². The summed E-state index contributed by atoms with van der Waals surface area (Å²) in [6.45, 7) is 0.973. The monoisotopic (exact) mass is 193 g/mol. The highest BCUT2D eigenvalue weighted by molar-refractivity contribution is 5.14. The van der Waals surface area contributed by atoms with Gasteiger partial charge in [-0.2, -0.15) is 0 Å². The maximum absolute atomic E-state index is 9.67. The van der Waals surface area contributed by atoms with Gasteiger partial charge in [-0.05, 0) is 18.9 Å².